The Hall–Kier alpha value is -2.89. The van der Waals surface area contributed by atoms with E-state index in [1.165, 1.54) is 0 Å². The van der Waals surface area contributed by atoms with Gasteiger partial charge in [-0.05, 0) is 30.7 Å². The van der Waals surface area contributed by atoms with Gasteiger partial charge in [0.1, 0.15) is 11.4 Å². The van der Waals surface area contributed by atoms with Crippen molar-refractivity contribution in [2.45, 2.75) is 19.9 Å². The van der Waals surface area contributed by atoms with Crippen molar-refractivity contribution < 1.29 is 19.1 Å². The lowest BCUT2D eigenvalue weighted by Crippen LogP contribution is -2.25. The van der Waals surface area contributed by atoms with E-state index in [2.05, 4.69) is 10.3 Å². The zero-order chi connectivity index (χ0) is 17.4. The third-order valence-electron chi connectivity index (χ3n) is 3.41. The summed E-state index contributed by atoms with van der Waals surface area (Å²) >= 11 is 0. The van der Waals surface area contributed by atoms with Gasteiger partial charge in [-0.2, -0.15) is 0 Å². The molecule has 0 spiro atoms. The molecule has 1 aromatic heterocycles. The molecule has 1 aromatic carbocycles. The molecule has 0 saturated carbocycles. The second kappa shape index (κ2) is 8.67. The first-order chi connectivity index (χ1) is 11.7. The number of nitrogens with one attached hydrogen (secondary N) is 1. The molecule has 24 heavy (non-hydrogen) atoms. The minimum absolute atomic E-state index is 0.125. The molecular formula is C18H20N2O4. The maximum Gasteiger partial charge on any atom is 0.310 e. The summed E-state index contributed by atoms with van der Waals surface area (Å²) in [7, 11) is 1.55. The molecule has 1 amide bonds. The van der Waals surface area contributed by atoms with Crippen LogP contribution in [0.2, 0.25) is 0 Å². The number of esters is 1. The van der Waals surface area contributed by atoms with E-state index in [9.17, 15) is 9.59 Å². The number of carbonyl (C=O) groups is 2. The van der Waals surface area contributed by atoms with Crippen molar-refractivity contribution >= 4 is 11.9 Å². The molecule has 0 aliphatic carbocycles. The summed E-state index contributed by atoms with van der Waals surface area (Å²) in [6.45, 7) is 2.32. The highest BCUT2D eigenvalue weighted by Crippen LogP contribution is 2.23. The highest BCUT2D eigenvalue weighted by molar-refractivity contribution is 5.92. The van der Waals surface area contributed by atoms with Gasteiger partial charge in [0.25, 0.3) is 5.91 Å². The summed E-state index contributed by atoms with van der Waals surface area (Å²) in [5.41, 5.74) is 1.84. The fraction of sp³-hybridized carbons (Fsp3) is 0.278. The second-order valence-electron chi connectivity index (χ2n) is 4.98. The van der Waals surface area contributed by atoms with Crippen LogP contribution in [0.5, 0.6) is 5.75 Å². The van der Waals surface area contributed by atoms with E-state index < -0.39 is 0 Å². The van der Waals surface area contributed by atoms with E-state index >= 15 is 0 Å². The molecule has 0 radical (unpaired) electrons. The molecule has 0 unspecified atom stereocenters. The van der Waals surface area contributed by atoms with Crippen LogP contribution in [0.4, 0.5) is 0 Å². The first kappa shape index (κ1) is 17.5. The first-order valence-corrected chi connectivity index (χ1v) is 7.65. The fourth-order valence-corrected chi connectivity index (χ4v) is 2.29. The van der Waals surface area contributed by atoms with Gasteiger partial charge in [0.2, 0.25) is 0 Å². The number of aromatic nitrogens is 1. The van der Waals surface area contributed by atoms with Crippen LogP contribution in [0.25, 0.3) is 0 Å². The first-order valence-electron chi connectivity index (χ1n) is 7.65. The standard InChI is InChI=1S/C18H20N2O4/c1-3-24-17(21)11-13-7-6-9-16(23-2)14(13)12-20-18(22)15-8-4-5-10-19-15/h4-10H,3,11-12H2,1-2H3,(H,20,22). The van der Waals surface area contributed by atoms with Crippen LogP contribution < -0.4 is 10.1 Å². The van der Waals surface area contributed by atoms with Crippen LogP contribution in [0.15, 0.2) is 42.6 Å². The Balaban J connectivity index is 2.15. The minimum atomic E-state index is -0.317. The summed E-state index contributed by atoms with van der Waals surface area (Å²) in [6.07, 6.45) is 1.68. The number of nitrogens with zero attached hydrogens (tertiary/aromatic N) is 1. The monoisotopic (exact) mass is 328 g/mol. The Morgan fingerprint density at radius 3 is 2.67 bits per heavy atom. The number of rotatable bonds is 7. The van der Waals surface area contributed by atoms with Crippen molar-refractivity contribution in [1.29, 1.82) is 0 Å². The number of ether oxygens (including phenoxy) is 2. The van der Waals surface area contributed by atoms with Crippen LogP contribution in [0.1, 0.15) is 28.5 Å². The van der Waals surface area contributed by atoms with E-state index in [0.29, 0.717) is 18.1 Å². The summed E-state index contributed by atoms with van der Waals surface area (Å²) in [6, 6.07) is 10.5. The van der Waals surface area contributed by atoms with Crippen LogP contribution in [-0.2, 0) is 22.5 Å². The number of pyridine rings is 1. The largest absolute Gasteiger partial charge is 0.496 e. The molecule has 6 heteroatoms. The summed E-state index contributed by atoms with van der Waals surface area (Å²) in [4.78, 5) is 27.9. The Labute approximate surface area is 140 Å². The molecule has 0 fully saturated rings. The predicted octanol–water partition coefficient (Wildman–Crippen LogP) is 2.13. The van der Waals surface area contributed by atoms with E-state index in [0.717, 1.165) is 11.1 Å². The lowest BCUT2D eigenvalue weighted by atomic mass is 10.0. The molecule has 126 valence electrons. The fourth-order valence-electron chi connectivity index (χ4n) is 2.29. The molecule has 0 bridgehead atoms. The molecule has 1 heterocycles. The van der Waals surface area contributed by atoms with E-state index in [-0.39, 0.29) is 24.8 Å². The Kier molecular flexibility index (Phi) is 6.31. The Bertz CT molecular complexity index is 701. The van der Waals surface area contributed by atoms with Crippen LogP contribution >= 0.6 is 0 Å². The van der Waals surface area contributed by atoms with E-state index in [1.54, 1.807) is 50.6 Å². The van der Waals surface area contributed by atoms with Crippen LogP contribution in [0.3, 0.4) is 0 Å². The summed E-state index contributed by atoms with van der Waals surface area (Å²) in [5, 5.41) is 2.80. The van der Waals surface area contributed by atoms with Crippen molar-refractivity contribution in [3.63, 3.8) is 0 Å². The predicted molar refractivity (Wildman–Crippen MR) is 88.7 cm³/mol. The number of methoxy groups -OCH3 is 1. The lowest BCUT2D eigenvalue weighted by Gasteiger charge is -2.14. The van der Waals surface area contributed by atoms with Crippen molar-refractivity contribution in [3.05, 3.63) is 59.4 Å². The third kappa shape index (κ3) is 4.55. The average molecular weight is 328 g/mol. The smallest absolute Gasteiger partial charge is 0.310 e. The molecule has 0 aliphatic rings. The Morgan fingerprint density at radius 1 is 1.17 bits per heavy atom. The maximum atomic E-state index is 12.1. The normalized spacial score (nSPS) is 10.1. The maximum absolute atomic E-state index is 12.1. The number of benzene rings is 1. The summed E-state index contributed by atoms with van der Waals surface area (Å²) in [5.74, 6) is 0.00441. The second-order valence-corrected chi connectivity index (χ2v) is 4.98. The molecule has 0 saturated heterocycles. The minimum Gasteiger partial charge on any atom is -0.496 e. The van der Waals surface area contributed by atoms with Gasteiger partial charge >= 0.3 is 5.97 Å². The van der Waals surface area contributed by atoms with Gasteiger partial charge in [-0.3, -0.25) is 14.6 Å². The van der Waals surface area contributed by atoms with Crippen LogP contribution in [-0.4, -0.2) is 30.6 Å². The molecule has 0 aliphatic heterocycles. The van der Waals surface area contributed by atoms with Gasteiger partial charge in [-0.15, -0.1) is 0 Å². The SMILES string of the molecule is CCOC(=O)Cc1cccc(OC)c1CNC(=O)c1ccccn1. The topological polar surface area (TPSA) is 77.5 Å². The molecule has 6 nitrogen and oxygen atoms in total. The lowest BCUT2D eigenvalue weighted by molar-refractivity contribution is -0.142. The molecule has 2 aromatic rings. The molecular weight excluding hydrogens is 308 g/mol. The average Bonchev–Trinajstić information content (AvgIpc) is 2.61. The van der Waals surface area contributed by atoms with Gasteiger partial charge < -0.3 is 14.8 Å². The number of amides is 1. The summed E-state index contributed by atoms with van der Waals surface area (Å²) < 4.78 is 10.3. The van der Waals surface area contributed by atoms with Gasteiger partial charge in [0.05, 0.1) is 20.1 Å². The van der Waals surface area contributed by atoms with Crippen molar-refractivity contribution in [3.8, 4) is 5.75 Å². The van der Waals surface area contributed by atoms with Crippen LogP contribution in [0, 0.1) is 0 Å². The van der Waals surface area contributed by atoms with Gasteiger partial charge in [-0.25, -0.2) is 0 Å². The highest BCUT2D eigenvalue weighted by atomic mass is 16.5. The number of hydrogen-bond acceptors (Lipinski definition) is 5. The number of hydrogen-bond donors (Lipinski definition) is 1. The van der Waals surface area contributed by atoms with Crippen molar-refractivity contribution in [2.75, 3.05) is 13.7 Å². The zero-order valence-corrected chi connectivity index (χ0v) is 13.7. The molecule has 2 rings (SSSR count). The number of carbonyl (C=O) groups excluding carboxylic acids is 2. The van der Waals surface area contributed by atoms with E-state index in [1.807, 2.05) is 6.07 Å². The quantitative estimate of drug-likeness (QED) is 0.788. The van der Waals surface area contributed by atoms with Gasteiger partial charge in [-0.1, -0.05) is 18.2 Å². The Morgan fingerprint density at radius 2 is 2.00 bits per heavy atom. The highest BCUT2D eigenvalue weighted by Gasteiger charge is 2.15. The van der Waals surface area contributed by atoms with E-state index in [4.69, 9.17) is 9.47 Å². The van der Waals surface area contributed by atoms with Gasteiger partial charge in [0.15, 0.2) is 0 Å². The molecule has 0 atom stereocenters. The van der Waals surface area contributed by atoms with Crippen molar-refractivity contribution in [2.24, 2.45) is 0 Å². The zero-order valence-electron chi connectivity index (χ0n) is 13.7. The molecule has 1 N–H and O–H groups in total. The third-order valence-corrected chi connectivity index (χ3v) is 3.41. The van der Waals surface area contributed by atoms with Crippen molar-refractivity contribution in [1.82, 2.24) is 10.3 Å². The van der Waals surface area contributed by atoms with Gasteiger partial charge in [0, 0.05) is 18.3 Å².